The summed E-state index contributed by atoms with van der Waals surface area (Å²) in [6.07, 6.45) is 6.87. The number of rotatable bonds is 5. The lowest BCUT2D eigenvalue weighted by atomic mass is 9.97. The van der Waals surface area contributed by atoms with E-state index in [1.165, 1.54) is 6.42 Å². The van der Waals surface area contributed by atoms with E-state index in [2.05, 4.69) is 10.6 Å². The Bertz CT molecular complexity index is 256. The van der Waals surface area contributed by atoms with E-state index in [0.29, 0.717) is 12.3 Å². The van der Waals surface area contributed by atoms with Gasteiger partial charge in [-0.3, -0.25) is 4.79 Å². The first-order chi connectivity index (χ1) is 8.24. The van der Waals surface area contributed by atoms with Crippen LogP contribution < -0.4 is 10.6 Å². The van der Waals surface area contributed by atoms with E-state index in [0.717, 1.165) is 45.2 Å². The predicted molar refractivity (Wildman–Crippen MR) is 66.6 cm³/mol. The van der Waals surface area contributed by atoms with Gasteiger partial charge in [0, 0.05) is 6.42 Å². The highest BCUT2D eigenvalue weighted by Gasteiger charge is 2.34. The highest BCUT2D eigenvalue weighted by molar-refractivity contribution is 5.76. The molecule has 1 atom stereocenters. The summed E-state index contributed by atoms with van der Waals surface area (Å²) >= 11 is 0. The van der Waals surface area contributed by atoms with Gasteiger partial charge in [-0.15, -0.1) is 0 Å². The van der Waals surface area contributed by atoms with Gasteiger partial charge in [0.15, 0.2) is 0 Å². The second kappa shape index (κ2) is 5.83. The molecule has 0 bridgehead atoms. The maximum absolute atomic E-state index is 11.9. The van der Waals surface area contributed by atoms with Crippen LogP contribution in [0.4, 0.5) is 0 Å². The average Bonchev–Trinajstić information content (AvgIpc) is 2.98. The summed E-state index contributed by atoms with van der Waals surface area (Å²) in [4.78, 5) is 11.9. The Morgan fingerprint density at radius 3 is 2.76 bits per heavy atom. The second-order valence-corrected chi connectivity index (χ2v) is 5.59. The molecule has 1 saturated carbocycles. The monoisotopic (exact) mass is 240 g/mol. The Hall–Kier alpha value is -0.610. The van der Waals surface area contributed by atoms with Gasteiger partial charge in [0.1, 0.15) is 0 Å². The summed E-state index contributed by atoms with van der Waals surface area (Å²) in [6.45, 7) is 2.23. The molecule has 0 aromatic rings. The summed E-state index contributed by atoms with van der Waals surface area (Å²) in [5.74, 6) is 0.780. The molecule has 17 heavy (non-hydrogen) atoms. The zero-order valence-electron chi connectivity index (χ0n) is 10.5. The van der Waals surface area contributed by atoms with Crippen molar-refractivity contribution >= 4 is 5.91 Å². The lowest BCUT2D eigenvalue weighted by Gasteiger charge is -2.28. The third-order valence-corrected chi connectivity index (χ3v) is 4.21. The average molecular weight is 240 g/mol. The topological polar surface area (TPSA) is 61.4 Å². The first-order valence-corrected chi connectivity index (χ1v) is 6.87. The quantitative estimate of drug-likeness (QED) is 0.666. The standard InChI is InChI=1S/C13H24N2O2/c16-10-13(6-1-2-7-13)15-12(17)4-3-11-5-8-14-9-11/h11,14,16H,1-10H2,(H,15,17). The van der Waals surface area contributed by atoms with Crippen molar-refractivity contribution in [1.29, 1.82) is 0 Å². The Labute approximate surface area is 103 Å². The fourth-order valence-corrected chi connectivity index (χ4v) is 3.03. The molecule has 0 radical (unpaired) electrons. The van der Waals surface area contributed by atoms with E-state index < -0.39 is 0 Å². The minimum atomic E-state index is -0.301. The number of aliphatic hydroxyl groups is 1. The summed E-state index contributed by atoms with van der Waals surface area (Å²) in [5, 5.41) is 15.8. The van der Waals surface area contributed by atoms with Crippen molar-refractivity contribution in [2.45, 2.75) is 50.5 Å². The molecule has 98 valence electrons. The zero-order valence-corrected chi connectivity index (χ0v) is 10.5. The van der Waals surface area contributed by atoms with Crippen molar-refractivity contribution in [3.05, 3.63) is 0 Å². The first kappa shape index (κ1) is 12.8. The van der Waals surface area contributed by atoms with Crippen molar-refractivity contribution in [1.82, 2.24) is 10.6 Å². The maximum atomic E-state index is 11.9. The molecule has 4 heteroatoms. The number of hydrogen-bond acceptors (Lipinski definition) is 3. The van der Waals surface area contributed by atoms with Crippen LogP contribution in [0.3, 0.4) is 0 Å². The number of aliphatic hydroxyl groups excluding tert-OH is 1. The van der Waals surface area contributed by atoms with Crippen LogP contribution in [0.25, 0.3) is 0 Å². The molecular weight excluding hydrogens is 216 g/mol. The van der Waals surface area contributed by atoms with Gasteiger partial charge in [0.2, 0.25) is 5.91 Å². The molecule has 0 spiro atoms. The molecule has 1 aliphatic heterocycles. The van der Waals surface area contributed by atoms with Crippen LogP contribution in [0.15, 0.2) is 0 Å². The van der Waals surface area contributed by atoms with Crippen molar-refractivity contribution in [2.75, 3.05) is 19.7 Å². The Kier molecular flexibility index (Phi) is 4.40. The van der Waals surface area contributed by atoms with Gasteiger partial charge in [-0.1, -0.05) is 12.8 Å². The minimum Gasteiger partial charge on any atom is -0.394 e. The number of hydrogen-bond donors (Lipinski definition) is 3. The summed E-state index contributed by atoms with van der Waals surface area (Å²) in [6, 6.07) is 0. The van der Waals surface area contributed by atoms with E-state index >= 15 is 0 Å². The fourth-order valence-electron chi connectivity index (χ4n) is 3.03. The van der Waals surface area contributed by atoms with Gasteiger partial charge >= 0.3 is 0 Å². The molecule has 4 nitrogen and oxygen atoms in total. The molecule has 1 aliphatic carbocycles. The van der Waals surface area contributed by atoms with Gasteiger partial charge < -0.3 is 15.7 Å². The molecule has 2 rings (SSSR count). The number of carbonyl (C=O) groups excluding carboxylic acids is 1. The first-order valence-electron chi connectivity index (χ1n) is 6.87. The molecule has 1 saturated heterocycles. The summed E-state index contributed by atoms with van der Waals surface area (Å²) in [5.41, 5.74) is -0.301. The summed E-state index contributed by atoms with van der Waals surface area (Å²) < 4.78 is 0. The smallest absolute Gasteiger partial charge is 0.220 e. The Morgan fingerprint density at radius 1 is 1.41 bits per heavy atom. The van der Waals surface area contributed by atoms with E-state index in [1.54, 1.807) is 0 Å². The van der Waals surface area contributed by atoms with Gasteiger partial charge in [-0.05, 0) is 44.7 Å². The highest BCUT2D eigenvalue weighted by Crippen LogP contribution is 2.29. The molecule has 0 aromatic heterocycles. The third-order valence-electron chi connectivity index (χ3n) is 4.21. The summed E-state index contributed by atoms with van der Waals surface area (Å²) in [7, 11) is 0. The van der Waals surface area contributed by atoms with Crippen molar-refractivity contribution in [2.24, 2.45) is 5.92 Å². The number of amides is 1. The van der Waals surface area contributed by atoms with Crippen LogP contribution in [-0.4, -0.2) is 36.2 Å². The lowest BCUT2D eigenvalue weighted by molar-refractivity contribution is -0.123. The second-order valence-electron chi connectivity index (χ2n) is 5.59. The normalized spacial score (nSPS) is 27.2. The molecular formula is C13H24N2O2. The molecule has 2 fully saturated rings. The molecule has 1 unspecified atom stereocenters. The molecule has 1 heterocycles. The third kappa shape index (κ3) is 3.42. The zero-order chi connectivity index (χ0) is 12.1. The Balaban J connectivity index is 1.72. The van der Waals surface area contributed by atoms with E-state index in [-0.39, 0.29) is 18.1 Å². The SMILES string of the molecule is O=C(CCC1CCNC1)NC1(CO)CCCC1. The number of nitrogens with one attached hydrogen (secondary N) is 2. The van der Waals surface area contributed by atoms with Crippen LogP contribution in [-0.2, 0) is 4.79 Å². The van der Waals surface area contributed by atoms with Gasteiger partial charge in [0.05, 0.1) is 12.1 Å². The van der Waals surface area contributed by atoms with Crippen LogP contribution in [0.2, 0.25) is 0 Å². The predicted octanol–water partition coefficient (Wildman–Crippen LogP) is 0.797. The van der Waals surface area contributed by atoms with Crippen LogP contribution in [0, 0.1) is 5.92 Å². The Morgan fingerprint density at radius 2 is 2.18 bits per heavy atom. The molecule has 2 aliphatic rings. The van der Waals surface area contributed by atoms with E-state index in [9.17, 15) is 9.90 Å². The highest BCUT2D eigenvalue weighted by atomic mass is 16.3. The lowest BCUT2D eigenvalue weighted by Crippen LogP contribution is -2.49. The van der Waals surface area contributed by atoms with E-state index in [1.807, 2.05) is 0 Å². The van der Waals surface area contributed by atoms with Gasteiger partial charge in [-0.25, -0.2) is 0 Å². The van der Waals surface area contributed by atoms with Crippen LogP contribution in [0.5, 0.6) is 0 Å². The van der Waals surface area contributed by atoms with Crippen LogP contribution in [0.1, 0.15) is 44.9 Å². The van der Waals surface area contributed by atoms with Crippen LogP contribution >= 0.6 is 0 Å². The fraction of sp³-hybridized carbons (Fsp3) is 0.923. The van der Waals surface area contributed by atoms with Gasteiger partial charge in [-0.2, -0.15) is 0 Å². The molecule has 1 amide bonds. The van der Waals surface area contributed by atoms with E-state index in [4.69, 9.17) is 0 Å². The molecule has 0 aromatic carbocycles. The van der Waals surface area contributed by atoms with Gasteiger partial charge in [0.25, 0.3) is 0 Å². The van der Waals surface area contributed by atoms with Crippen molar-refractivity contribution in [3.8, 4) is 0 Å². The molecule has 3 N–H and O–H groups in total. The largest absolute Gasteiger partial charge is 0.394 e. The maximum Gasteiger partial charge on any atom is 0.220 e. The minimum absolute atomic E-state index is 0.0870. The number of carbonyl (C=O) groups is 1. The van der Waals surface area contributed by atoms with Crippen molar-refractivity contribution < 1.29 is 9.90 Å². The van der Waals surface area contributed by atoms with Crippen molar-refractivity contribution in [3.63, 3.8) is 0 Å².